The molecule has 8 aromatic rings. The van der Waals surface area contributed by atoms with Crippen LogP contribution in [0.5, 0.6) is 11.5 Å². The standard InChI is InChI=1S/C40H27BO2/c1-3-15-27(16-4-1)37-29-19-7-11-23-33(29)39(34-24-12-8-20-30(34)37)42-41-43-40-35-25-13-9-21-31(35)38(28-17-5-2-6-18-28)32-22-10-14-26-36(32)40/h1-26,41H. The van der Waals surface area contributed by atoms with Gasteiger partial charge in [-0.05, 0) is 43.8 Å². The quantitative estimate of drug-likeness (QED) is 0.151. The molecule has 0 bridgehead atoms. The summed E-state index contributed by atoms with van der Waals surface area (Å²) in [5, 5.41) is 8.90. The van der Waals surface area contributed by atoms with Crippen LogP contribution in [0.25, 0.3) is 65.3 Å². The Bertz CT molecular complexity index is 1980. The van der Waals surface area contributed by atoms with Crippen LogP contribution in [0.3, 0.4) is 0 Å². The van der Waals surface area contributed by atoms with Crippen LogP contribution in [0, 0.1) is 0 Å². The average Bonchev–Trinajstić information content (AvgIpc) is 3.08. The maximum Gasteiger partial charge on any atom is 0.576 e. The van der Waals surface area contributed by atoms with Crippen molar-refractivity contribution in [1.29, 1.82) is 0 Å². The second kappa shape index (κ2) is 10.7. The van der Waals surface area contributed by atoms with Crippen molar-refractivity contribution in [3.63, 3.8) is 0 Å². The molecule has 0 radical (unpaired) electrons. The van der Waals surface area contributed by atoms with Gasteiger partial charge in [-0.1, -0.05) is 158 Å². The van der Waals surface area contributed by atoms with Gasteiger partial charge in [-0.2, -0.15) is 0 Å². The molecule has 0 spiro atoms. The summed E-state index contributed by atoms with van der Waals surface area (Å²) in [7, 11) is 0.0807. The molecule has 0 aliphatic heterocycles. The molecule has 0 aliphatic carbocycles. The minimum Gasteiger partial charge on any atom is -0.528 e. The van der Waals surface area contributed by atoms with Crippen molar-refractivity contribution in [3.05, 3.63) is 158 Å². The van der Waals surface area contributed by atoms with Crippen LogP contribution >= 0.6 is 0 Å². The third-order valence-corrected chi connectivity index (χ3v) is 8.30. The maximum atomic E-state index is 6.62. The summed E-state index contributed by atoms with van der Waals surface area (Å²) in [4.78, 5) is 0. The van der Waals surface area contributed by atoms with Crippen molar-refractivity contribution in [2.75, 3.05) is 0 Å². The SMILES string of the molecule is B(Oc1c2ccccc2c(-c2ccccc2)c2ccccc12)Oc1c2ccccc2c(-c2ccccc2)c2ccccc12. The van der Waals surface area contributed by atoms with Gasteiger partial charge in [0.05, 0.1) is 0 Å². The van der Waals surface area contributed by atoms with Crippen molar-refractivity contribution in [2.24, 2.45) is 0 Å². The normalized spacial score (nSPS) is 11.3. The highest BCUT2D eigenvalue weighted by atomic mass is 16.6. The zero-order chi connectivity index (χ0) is 28.6. The molecule has 0 saturated heterocycles. The molecule has 0 heterocycles. The fourth-order valence-corrected chi connectivity index (χ4v) is 6.47. The Balaban J connectivity index is 1.26. The summed E-state index contributed by atoms with van der Waals surface area (Å²) in [6.45, 7) is 0. The topological polar surface area (TPSA) is 18.5 Å². The van der Waals surface area contributed by atoms with E-state index in [1.165, 1.54) is 22.3 Å². The van der Waals surface area contributed by atoms with Gasteiger partial charge in [-0.3, -0.25) is 0 Å². The molecular weight excluding hydrogens is 523 g/mol. The van der Waals surface area contributed by atoms with Crippen molar-refractivity contribution < 1.29 is 9.31 Å². The van der Waals surface area contributed by atoms with E-state index in [9.17, 15) is 0 Å². The first-order chi connectivity index (χ1) is 21.4. The number of hydrogen-bond donors (Lipinski definition) is 0. The maximum absolute atomic E-state index is 6.62. The van der Waals surface area contributed by atoms with E-state index in [-0.39, 0.29) is 7.69 Å². The summed E-state index contributed by atoms with van der Waals surface area (Å²) in [5.74, 6) is 1.67. The molecule has 43 heavy (non-hydrogen) atoms. The Kier molecular flexibility index (Phi) is 6.27. The molecule has 0 N–H and O–H groups in total. The van der Waals surface area contributed by atoms with Crippen LogP contribution in [0.2, 0.25) is 0 Å². The molecule has 0 aromatic heterocycles. The number of benzene rings is 8. The summed E-state index contributed by atoms with van der Waals surface area (Å²) in [5.41, 5.74) is 4.81. The predicted octanol–water partition coefficient (Wildman–Crippen LogP) is 10.4. The molecular formula is C40H27BO2. The lowest BCUT2D eigenvalue weighted by molar-refractivity contribution is 0.470. The molecule has 2 nitrogen and oxygen atoms in total. The van der Waals surface area contributed by atoms with Crippen molar-refractivity contribution in [3.8, 4) is 33.8 Å². The number of rotatable bonds is 6. The zero-order valence-corrected chi connectivity index (χ0v) is 23.5. The van der Waals surface area contributed by atoms with Gasteiger partial charge in [0.1, 0.15) is 11.5 Å². The second-order valence-electron chi connectivity index (χ2n) is 10.7. The second-order valence-corrected chi connectivity index (χ2v) is 10.7. The van der Waals surface area contributed by atoms with E-state index in [1.807, 2.05) is 0 Å². The minimum absolute atomic E-state index is 0.0807. The van der Waals surface area contributed by atoms with Crippen molar-refractivity contribution in [2.45, 2.75) is 0 Å². The van der Waals surface area contributed by atoms with E-state index in [0.717, 1.165) is 54.6 Å². The van der Waals surface area contributed by atoms with Gasteiger partial charge in [-0.25, -0.2) is 0 Å². The van der Waals surface area contributed by atoms with E-state index >= 15 is 0 Å². The third-order valence-electron chi connectivity index (χ3n) is 8.30. The summed E-state index contributed by atoms with van der Waals surface area (Å²) in [6.07, 6.45) is 0. The van der Waals surface area contributed by atoms with Crippen LogP contribution in [0.1, 0.15) is 0 Å². The molecule has 202 valence electrons. The summed E-state index contributed by atoms with van der Waals surface area (Å²) < 4.78 is 13.2. The number of hydrogen-bond acceptors (Lipinski definition) is 2. The van der Waals surface area contributed by atoms with Crippen LogP contribution in [0.4, 0.5) is 0 Å². The molecule has 0 unspecified atom stereocenters. The highest BCUT2D eigenvalue weighted by Crippen LogP contribution is 2.45. The largest absolute Gasteiger partial charge is 0.576 e. The van der Waals surface area contributed by atoms with Gasteiger partial charge >= 0.3 is 7.69 Å². The lowest BCUT2D eigenvalue weighted by atomic mass is 9.91. The first-order valence-corrected chi connectivity index (χ1v) is 14.6. The molecule has 0 amide bonds. The van der Waals surface area contributed by atoms with Gasteiger partial charge in [-0.15, -0.1) is 0 Å². The molecule has 8 aromatic carbocycles. The number of fused-ring (bicyclic) bond motifs is 4. The Morgan fingerprint density at radius 1 is 0.279 bits per heavy atom. The Hall–Kier alpha value is -5.54. The lowest BCUT2D eigenvalue weighted by Crippen LogP contribution is -2.12. The van der Waals surface area contributed by atoms with Gasteiger partial charge < -0.3 is 9.31 Å². The van der Waals surface area contributed by atoms with Crippen LogP contribution in [-0.4, -0.2) is 7.69 Å². The highest BCUT2D eigenvalue weighted by molar-refractivity contribution is 6.27. The predicted molar refractivity (Wildman–Crippen MR) is 182 cm³/mol. The Labute approximate surface area is 251 Å². The van der Waals surface area contributed by atoms with Crippen molar-refractivity contribution >= 4 is 50.8 Å². The van der Waals surface area contributed by atoms with E-state index < -0.39 is 0 Å². The summed E-state index contributed by atoms with van der Waals surface area (Å²) >= 11 is 0. The fourth-order valence-electron chi connectivity index (χ4n) is 6.47. The van der Waals surface area contributed by atoms with Gasteiger partial charge in [0.15, 0.2) is 0 Å². The molecule has 8 rings (SSSR count). The van der Waals surface area contributed by atoms with E-state index in [1.54, 1.807) is 0 Å². The molecule has 0 fully saturated rings. The zero-order valence-electron chi connectivity index (χ0n) is 23.5. The Morgan fingerprint density at radius 3 is 0.837 bits per heavy atom. The van der Waals surface area contributed by atoms with Crippen LogP contribution < -0.4 is 9.31 Å². The monoisotopic (exact) mass is 550 g/mol. The molecule has 0 aliphatic rings. The molecule has 0 atom stereocenters. The van der Waals surface area contributed by atoms with Gasteiger partial charge in [0.25, 0.3) is 0 Å². The van der Waals surface area contributed by atoms with E-state index in [0.29, 0.717) is 0 Å². The lowest BCUT2D eigenvalue weighted by Gasteiger charge is -2.20. The first-order valence-electron chi connectivity index (χ1n) is 14.6. The molecule has 3 heteroatoms. The highest BCUT2D eigenvalue weighted by Gasteiger charge is 2.19. The van der Waals surface area contributed by atoms with Crippen LogP contribution in [0.15, 0.2) is 158 Å². The van der Waals surface area contributed by atoms with E-state index in [4.69, 9.17) is 9.31 Å². The minimum atomic E-state index is 0.0807. The first kappa shape index (κ1) is 25.2. The smallest absolute Gasteiger partial charge is 0.528 e. The van der Waals surface area contributed by atoms with Crippen molar-refractivity contribution in [1.82, 2.24) is 0 Å². The third kappa shape index (κ3) is 4.29. The van der Waals surface area contributed by atoms with Crippen LogP contribution in [-0.2, 0) is 0 Å². The fraction of sp³-hybridized carbons (Fsp3) is 0. The summed E-state index contributed by atoms with van der Waals surface area (Å²) in [6, 6.07) is 55.1. The van der Waals surface area contributed by atoms with E-state index in [2.05, 4.69) is 158 Å². The molecule has 0 saturated carbocycles. The van der Waals surface area contributed by atoms with Gasteiger partial charge in [0.2, 0.25) is 0 Å². The van der Waals surface area contributed by atoms with Gasteiger partial charge in [0, 0.05) is 21.5 Å². The Morgan fingerprint density at radius 2 is 0.535 bits per heavy atom. The average molecular weight is 550 g/mol.